The number of carbonyl (C=O) groups is 2. The molecule has 0 aliphatic carbocycles. The van der Waals surface area contributed by atoms with Crippen LogP contribution in [-0.2, 0) is 4.79 Å². The molecule has 5 heteroatoms. The first-order chi connectivity index (χ1) is 15.2. The lowest BCUT2D eigenvalue weighted by Gasteiger charge is -2.44. The van der Waals surface area contributed by atoms with Crippen molar-refractivity contribution in [2.45, 2.75) is 45.2 Å². The molecule has 0 spiro atoms. The summed E-state index contributed by atoms with van der Waals surface area (Å²) in [6, 6.07) is 21.2. The molecule has 0 N–H and O–H groups in total. The van der Waals surface area contributed by atoms with Gasteiger partial charge in [0.2, 0.25) is 5.91 Å². The van der Waals surface area contributed by atoms with Gasteiger partial charge in [0, 0.05) is 36.2 Å². The van der Waals surface area contributed by atoms with Crippen molar-refractivity contribution in [2.24, 2.45) is 0 Å². The number of benzene rings is 2. The second-order valence-electron chi connectivity index (χ2n) is 7.74. The Kier molecular flexibility index (Phi) is 6.12. The van der Waals surface area contributed by atoms with Gasteiger partial charge in [0.1, 0.15) is 0 Å². The van der Waals surface area contributed by atoms with Crippen LogP contribution in [0.25, 0.3) is 0 Å². The molecule has 31 heavy (non-hydrogen) atoms. The second kappa shape index (κ2) is 9.13. The zero-order valence-electron chi connectivity index (χ0n) is 17.9. The first kappa shape index (κ1) is 20.8. The average molecular weight is 414 g/mol. The average Bonchev–Trinajstić information content (AvgIpc) is 2.84. The van der Waals surface area contributed by atoms with Crippen LogP contribution < -0.4 is 9.80 Å². The minimum absolute atomic E-state index is 0.0246. The standard InChI is InChI=1S/C26H27N3O2/c1-3-20-17-24(28(25(30)4-2)21-12-6-5-7-13-21)22-14-8-9-15-23(22)29(20)26(31)19-11-10-16-27-18-19/h5-16,18,20,24H,3-4,17H2,1-2H3/t20-,24+/m1/s1. The van der Waals surface area contributed by atoms with Gasteiger partial charge in [-0.15, -0.1) is 0 Å². The van der Waals surface area contributed by atoms with Gasteiger partial charge in [-0.3, -0.25) is 14.6 Å². The molecule has 0 saturated heterocycles. The monoisotopic (exact) mass is 413 g/mol. The van der Waals surface area contributed by atoms with Crippen LogP contribution in [0, 0.1) is 0 Å². The van der Waals surface area contributed by atoms with Crippen LogP contribution in [0.4, 0.5) is 11.4 Å². The molecule has 1 aromatic heterocycles. The maximum atomic E-state index is 13.5. The molecule has 2 aromatic carbocycles. The van der Waals surface area contributed by atoms with E-state index in [1.165, 1.54) is 0 Å². The highest BCUT2D eigenvalue weighted by atomic mass is 16.2. The maximum absolute atomic E-state index is 13.5. The van der Waals surface area contributed by atoms with Gasteiger partial charge in [-0.25, -0.2) is 0 Å². The molecule has 2 heterocycles. The quantitative estimate of drug-likeness (QED) is 0.563. The van der Waals surface area contributed by atoms with Gasteiger partial charge in [0.15, 0.2) is 0 Å². The topological polar surface area (TPSA) is 53.5 Å². The van der Waals surface area contributed by atoms with E-state index in [9.17, 15) is 9.59 Å². The number of anilines is 2. The number of nitrogens with zero attached hydrogens (tertiary/aromatic N) is 3. The van der Waals surface area contributed by atoms with Crippen molar-refractivity contribution < 1.29 is 9.59 Å². The van der Waals surface area contributed by atoms with E-state index in [1.54, 1.807) is 24.5 Å². The third kappa shape index (κ3) is 3.96. The number of aromatic nitrogens is 1. The number of hydrogen-bond donors (Lipinski definition) is 0. The number of amides is 2. The highest BCUT2D eigenvalue weighted by molar-refractivity contribution is 6.07. The Labute approximate surface area is 183 Å². The molecule has 158 valence electrons. The van der Waals surface area contributed by atoms with Gasteiger partial charge in [0.25, 0.3) is 5.91 Å². The Hall–Kier alpha value is -3.47. The van der Waals surface area contributed by atoms with Crippen LogP contribution in [0.1, 0.15) is 55.1 Å². The first-order valence-electron chi connectivity index (χ1n) is 10.8. The lowest BCUT2D eigenvalue weighted by molar-refractivity contribution is -0.118. The van der Waals surface area contributed by atoms with Crippen LogP contribution in [0.5, 0.6) is 0 Å². The first-order valence-corrected chi connectivity index (χ1v) is 10.8. The number of para-hydroxylation sites is 2. The number of hydrogen-bond acceptors (Lipinski definition) is 3. The Morgan fingerprint density at radius 3 is 2.42 bits per heavy atom. The summed E-state index contributed by atoms with van der Waals surface area (Å²) in [6.45, 7) is 3.98. The molecule has 1 aliphatic heterocycles. The molecule has 2 amide bonds. The molecular weight excluding hydrogens is 386 g/mol. The van der Waals surface area contributed by atoms with E-state index in [0.29, 0.717) is 18.4 Å². The van der Waals surface area contributed by atoms with Gasteiger partial charge in [-0.1, -0.05) is 50.2 Å². The fourth-order valence-corrected chi connectivity index (χ4v) is 4.43. The summed E-state index contributed by atoms with van der Waals surface area (Å²) in [5.41, 5.74) is 3.31. The van der Waals surface area contributed by atoms with Crippen molar-refractivity contribution in [3.63, 3.8) is 0 Å². The zero-order valence-corrected chi connectivity index (χ0v) is 17.9. The second-order valence-corrected chi connectivity index (χ2v) is 7.74. The Morgan fingerprint density at radius 1 is 1.00 bits per heavy atom. The predicted molar refractivity (Wildman–Crippen MR) is 123 cm³/mol. The third-order valence-corrected chi connectivity index (χ3v) is 5.93. The van der Waals surface area contributed by atoms with E-state index in [1.807, 2.05) is 71.3 Å². The largest absolute Gasteiger partial charge is 0.305 e. The van der Waals surface area contributed by atoms with E-state index in [0.717, 1.165) is 23.4 Å². The van der Waals surface area contributed by atoms with Crippen molar-refractivity contribution in [3.05, 3.63) is 90.3 Å². The number of carbonyl (C=O) groups excluding carboxylic acids is 2. The molecule has 1 aliphatic rings. The molecule has 3 aromatic rings. The molecule has 0 fully saturated rings. The maximum Gasteiger partial charge on any atom is 0.260 e. The minimum atomic E-state index is -0.131. The fourth-order valence-electron chi connectivity index (χ4n) is 4.43. The van der Waals surface area contributed by atoms with Crippen molar-refractivity contribution in [2.75, 3.05) is 9.80 Å². The van der Waals surface area contributed by atoms with Crippen molar-refractivity contribution in [1.82, 2.24) is 4.98 Å². The van der Waals surface area contributed by atoms with Gasteiger partial charge in [-0.2, -0.15) is 0 Å². The normalized spacial score (nSPS) is 17.7. The van der Waals surface area contributed by atoms with Crippen LogP contribution in [0.2, 0.25) is 0 Å². The van der Waals surface area contributed by atoms with Crippen molar-refractivity contribution in [1.29, 1.82) is 0 Å². The summed E-state index contributed by atoms with van der Waals surface area (Å²) in [7, 11) is 0. The van der Waals surface area contributed by atoms with Gasteiger partial charge >= 0.3 is 0 Å². The molecule has 0 saturated carbocycles. The van der Waals surface area contributed by atoms with Crippen LogP contribution in [0.15, 0.2) is 79.1 Å². The highest BCUT2D eigenvalue weighted by Gasteiger charge is 2.39. The van der Waals surface area contributed by atoms with E-state index in [-0.39, 0.29) is 23.9 Å². The number of fused-ring (bicyclic) bond motifs is 1. The third-order valence-electron chi connectivity index (χ3n) is 5.93. The zero-order chi connectivity index (χ0) is 21.8. The smallest absolute Gasteiger partial charge is 0.260 e. The lowest BCUT2D eigenvalue weighted by Crippen LogP contribution is -2.48. The number of pyridine rings is 1. The van der Waals surface area contributed by atoms with E-state index < -0.39 is 0 Å². The van der Waals surface area contributed by atoms with E-state index >= 15 is 0 Å². The van der Waals surface area contributed by atoms with Crippen molar-refractivity contribution >= 4 is 23.2 Å². The Bertz CT molecular complexity index is 1050. The van der Waals surface area contributed by atoms with E-state index in [4.69, 9.17) is 0 Å². The number of rotatable bonds is 5. The van der Waals surface area contributed by atoms with Crippen LogP contribution >= 0.6 is 0 Å². The molecular formula is C26H27N3O2. The molecule has 2 atom stereocenters. The highest BCUT2D eigenvalue weighted by Crippen LogP contribution is 2.43. The molecule has 4 rings (SSSR count). The van der Waals surface area contributed by atoms with Crippen LogP contribution in [-0.4, -0.2) is 22.8 Å². The minimum Gasteiger partial charge on any atom is -0.305 e. The van der Waals surface area contributed by atoms with Crippen molar-refractivity contribution in [3.8, 4) is 0 Å². The Balaban J connectivity index is 1.82. The molecule has 0 unspecified atom stereocenters. The summed E-state index contributed by atoms with van der Waals surface area (Å²) in [5, 5.41) is 0. The Morgan fingerprint density at radius 2 is 1.74 bits per heavy atom. The predicted octanol–water partition coefficient (Wildman–Crippen LogP) is 5.40. The summed E-state index contributed by atoms with van der Waals surface area (Å²) in [4.78, 5) is 34.5. The molecule has 0 bridgehead atoms. The summed E-state index contributed by atoms with van der Waals surface area (Å²) >= 11 is 0. The summed E-state index contributed by atoms with van der Waals surface area (Å²) in [5.74, 6) is 0.0202. The molecule has 5 nitrogen and oxygen atoms in total. The van der Waals surface area contributed by atoms with Gasteiger partial charge < -0.3 is 9.80 Å². The van der Waals surface area contributed by atoms with Gasteiger partial charge in [-0.05, 0) is 48.7 Å². The SMILES string of the molecule is CCC(=O)N(c1ccccc1)[C@H]1C[C@@H](CC)N(C(=O)c2cccnc2)c2ccccc21. The lowest BCUT2D eigenvalue weighted by atomic mass is 9.87. The fraction of sp³-hybridized carbons (Fsp3) is 0.269. The van der Waals surface area contributed by atoms with E-state index in [2.05, 4.69) is 11.9 Å². The summed E-state index contributed by atoms with van der Waals surface area (Å²) < 4.78 is 0. The van der Waals surface area contributed by atoms with Gasteiger partial charge in [0.05, 0.1) is 11.6 Å². The summed E-state index contributed by atoms with van der Waals surface area (Å²) in [6.07, 6.45) is 5.17. The van der Waals surface area contributed by atoms with Crippen LogP contribution in [0.3, 0.4) is 0 Å². The molecule has 0 radical (unpaired) electrons.